The van der Waals surface area contributed by atoms with Crippen molar-refractivity contribution in [3.63, 3.8) is 0 Å². The van der Waals surface area contributed by atoms with Crippen molar-refractivity contribution in [1.82, 2.24) is 15.1 Å². The van der Waals surface area contributed by atoms with Crippen molar-refractivity contribution >= 4 is 0 Å². The molecule has 3 unspecified atom stereocenters. The molecule has 3 nitrogen and oxygen atoms in total. The third-order valence-corrected chi connectivity index (χ3v) is 3.94. The highest BCUT2D eigenvalue weighted by atomic mass is 15.3. The van der Waals surface area contributed by atoms with Gasteiger partial charge in [0.2, 0.25) is 0 Å². The van der Waals surface area contributed by atoms with Gasteiger partial charge in [0.05, 0.1) is 11.7 Å². The van der Waals surface area contributed by atoms with Crippen LogP contribution in [0.5, 0.6) is 0 Å². The molecule has 0 bridgehead atoms. The van der Waals surface area contributed by atoms with Gasteiger partial charge in [-0.3, -0.25) is 4.68 Å². The molecule has 16 heavy (non-hydrogen) atoms. The lowest BCUT2D eigenvalue weighted by molar-refractivity contribution is 0.224. The average molecular weight is 221 g/mol. The fraction of sp³-hybridized carbons (Fsp3) is 0.769. The Labute approximate surface area is 98.2 Å². The molecule has 1 N–H and O–H groups in total. The Bertz CT molecular complexity index is 332. The highest BCUT2D eigenvalue weighted by molar-refractivity contribution is 5.08. The fourth-order valence-electron chi connectivity index (χ4n) is 3.10. The van der Waals surface area contributed by atoms with Gasteiger partial charge in [-0.25, -0.2) is 0 Å². The first-order chi connectivity index (χ1) is 7.72. The van der Waals surface area contributed by atoms with Crippen LogP contribution in [0.4, 0.5) is 0 Å². The maximum Gasteiger partial charge on any atom is 0.0553 e. The van der Waals surface area contributed by atoms with Gasteiger partial charge >= 0.3 is 0 Å². The number of aromatic nitrogens is 2. The van der Waals surface area contributed by atoms with Crippen molar-refractivity contribution in [2.24, 2.45) is 18.9 Å². The van der Waals surface area contributed by atoms with Gasteiger partial charge < -0.3 is 5.32 Å². The minimum absolute atomic E-state index is 0.468. The van der Waals surface area contributed by atoms with E-state index in [-0.39, 0.29) is 0 Å². The van der Waals surface area contributed by atoms with Crippen molar-refractivity contribution in [3.05, 3.63) is 18.0 Å². The van der Waals surface area contributed by atoms with Crippen molar-refractivity contribution in [2.75, 3.05) is 7.05 Å². The summed E-state index contributed by atoms with van der Waals surface area (Å²) in [5.41, 5.74) is 1.32. The van der Waals surface area contributed by atoms with Gasteiger partial charge in [-0.1, -0.05) is 19.8 Å². The average Bonchev–Trinajstić information content (AvgIpc) is 2.67. The van der Waals surface area contributed by atoms with Crippen LogP contribution in [0.2, 0.25) is 0 Å². The normalized spacial score (nSPS) is 27.9. The number of hydrogen-bond acceptors (Lipinski definition) is 2. The second-order valence-corrected chi connectivity index (χ2v) is 5.18. The zero-order valence-corrected chi connectivity index (χ0v) is 10.6. The number of nitrogens with one attached hydrogen (secondary N) is 1. The summed E-state index contributed by atoms with van der Waals surface area (Å²) in [6, 6.07) is 2.61. The summed E-state index contributed by atoms with van der Waals surface area (Å²) in [4.78, 5) is 0. The summed E-state index contributed by atoms with van der Waals surface area (Å²) in [5, 5.41) is 7.75. The number of rotatable bonds is 3. The minimum atomic E-state index is 0.468. The van der Waals surface area contributed by atoms with E-state index in [0.29, 0.717) is 6.04 Å². The second kappa shape index (κ2) is 5.00. The summed E-state index contributed by atoms with van der Waals surface area (Å²) >= 11 is 0. The van der Waals surface area contributed by atoms with Gasteiger partial charge in [-0.15, -0.1) is 0 Å². The summed E-state index contributed by atoms with van der Waals surface area (Å²) in [6.45, 7) is 2.38. The SMILES string of the molecule is CNC(c1ccnn1C)C1CCCC(C)C1. The molecule has 0 radical (unpaired) electrons. The summed E-state index contributed by atoms with van der Waals surface area (Å²) in [7, 11) is 4.10. The van der Waals surface area contributed by atoms with Crippen molar-refractivity contribution in [2.45, 2.75) is 38.6 Å². The standard InChI is InChI=1S/C13H23N3/c1-10-5-4-6-11(9-10)13(14-2)12-7-8-15-16(12)3/h7-8,10-11,13-14H,4-6,9H2,1-3H3. The lowest BCUT2D eigenvalue weighted by atomic mass is 9.78. The molecule has 90 valence electrons. The van der Waals surface area contributed by atoms with Crippen LogP contribution in [0.25, 0.3) is 0 Å². The molecule has 2 rings (SSSR count). The predicted octanol–water partition coefficient (Wildman–Crippen LogP) is 2.51. The molecule has 1 saturated carbocycles. The van der Waals surface area contributed by atoms with E-state index in [9.17, 15) is 0 Å². The Morgan fingerprint density at radius 2 is 2.31 bits per heavy atom. The van der Waals surface area contributed by atoms with Crippen LogP contribution in [-0.2, 0) is 7.05 Å². The van der Waals surface area contributed by atoms with Crippen LogP contribution in [0.3, 0.4) is 0 Å². The molecule has 1 heterocycles. The van der Waals surface area contributed by atoms with Gasteiger partial charge in [-0.2, -0.15) is 5.10 Å². The lowest BCUT2D eigenvalue weighted by Gasteiger charge is -2.33. The first-order valence-corrected chi connectivity index (χ1v) is 6.37. The van der Waals surface area contributed by atoms with Gasteiger partial charge in [0.25, 0.3) is 0 Å². The van der Waals surface area contributed by atoms with Crippen molar-refractivity contribution in [3.8, 4) is 0 Å². The minimum Gasteiger partial charge on any atom is -0.311 e. The summed E-state index contributed by atoms with van der Waals surface area (Å²) < 4.78 is 2.00. The predicted molar refractivity (Wildman–Crippen MR) is 66.1 cm³/mol. The molecule has 0 aliphatic heterocycles. The molecule has 1 fully saturated rings. The van der Waals surface area contributed by atoms with Crippen molar-refractivity contribution < 1.29 is 0 Å². The molecule has 1 aliphatic rings. The second-order valence-electron chi connectivity index (χ2n) is 5.18. The van der Waals surface area contributed by atoms with E-state index < -0.39 is 0 Å². The van der Waals surface area contributed by atoms with Crippen molar-refractivity contribution in [1.29, 1.82) is 0 Å². The maximum atomic E-state index is 4.28. The van der Waals surface area contributed by atoms with Crippen LogP contribution in [0.15, 0.2) is 12.3 Å². The largest absolute Gasteiger partial charge is 0.311 e. The Kier molecular flexibility index (Phi) is 3.64. The van der Waals surface area contributed by atoms with Crippen LogP contribution < -0.4 is 5.32 Å². The van der Waals surface area contributed by atoms with E-state index in [4.69, 9.17) is 0 Å². The Morgan fingerprint density at radius 3 is 2.88 bits per heavy atom. The number of nitrogens with zero attached hydrogens (tertiary/aromatic N) is 2. The van der Waals surface area contributed by atoms with E-state index in [2.05, 4.69) is 30.5 Å². The molecular formula is C13H23N3. The smallest absolute Gasteiger partial charge is 0.0553 e. The van der Waals surface area contributed by atoms with Gasteiger partial charge in [0, 0.05) is 13.2 Å². The number of hydrogen-bond donors (Lipinski definition) is 1. The molecule has 0 spiro atoms. The van der Waals surface area contributed by atoms with Crippen LogP contribution in [0, 0.1) is 11.8 Å². The van der Waals surface area contributed by atoms with Gasteiger partial charge in [0.15, 0.2) is 0 Å². The van der Waals surface area contributed by atoms with E-state index in [1.54, 1.807) is 0 Å². The highest BCUT2D eigenvalue weighted by Crippen LogP contribution is 2.36. The molecule has 3 atom stereocenters. The number of aryl methyl sites for hydroxylation is 1. The molecule has 0 amide bonds. The third kappa shape index (κ3) is 2.29. The molecule has 1 aromatic heterocycles. The zero-order valence-electron chi connectivity index (χ0n) is 10.6. The van der Waals surface area contributed by atoms with Gasteiger partial charge in [0.1, 0.15) is 0 Å². The maximum absolute atomic E-state index is 4.28. The first kappa shape index (κ1) is 11.6. The zero-order chi connectivity index (χ0) is 11.5. The van der Waals surface area contributed by atoms with E-state index in [1.165, 1.54) is 31.4 Å². The Morgan fingerprint density at radius 1 is 1.50 bits per heavy atom. The molecule has 3 heteroatoms. The summed E-state index contributed by atoms with van der Waals surface area (Å²) in [5.74, 6) is 1.65. The molecule has 0 aromatic carbocycles. The summed E-state index contributed by atoms with van der Waals surface area (Å²) in [6.07, 6.45) is 7.36. The fourth-order valence-corrected chi connectivity index (χ4v) is 3.10. The Hall–Kier alpha value is -0.830. The van der Waals surface area contributed by atoms with E-state index in [1.807, 2.05) is 17.9 Å². The topological polar surface area (TPSA) is 29.9 Å². The quantitative estimate of drug-likeness (QED) is 0.850. The molecule has 1 aromatic rings. The Balaban J connectivity index is 2.13. The van der Waals surface area contributed by atoms with Gasteiger partial charge in [-0.05, 0) is 37.8 Å². The molecule has 1 aliphatic carbocycles. The van der Waals surface area contributed by atoms with E-state index in [0.717, 1.165) is 11.8 Å². The van der Waals surface area contributed by atoms with E-state index >= 15 is 0 Å². The first-order valence-electron chi connectivity index (χ1n) is 6.37. The highest BCUT2D eigenvalue weighted by Gasteiger charge is 2.28. The molecule has 0 saturated heterocycles. The lowest BCUT2D eigenvalue weighted by Crippen LogP contribution is -2.30. The van der Waals surface area contributed by atoms with Crippen LogP contribution in [0.1, 0.15) is 44.3 Å². The monoisotopic (exact) mass is 221 g/mol. The third-order valence-electron chi connectivity index (χ3n) is 3.94. The molecular weight excluding hydrogens is 198 g/mol. The van der Waals surface area contributed by atoms with Crippen LogP contribution in [-0.4, -0.2) is 16.8 Å². The van der Waals surface area contributed by atoms with Crippen LogP contribution >= 0.6 is 0 Å².